The van der Waals surface area contributed by atoms with Crippen molar-refractivity contribution in [3.05, 3.63) is 22.1 Å². The molecule has 1 atom stereocenters. The first-order valence-electron chi connectivity index (χ1n) is 6.20. The summed E-state index contributed by atoms with van der Waals surface area (Å²) in [6.45, 7) is -0.580. The number of aromatic nitrogens is 3. The lowest BCUT2D eigenvalue weighted by atomic mass is 10.2. The van der Waals surface area contributed by atoms with Gasteiger partial charge in [-0.3, -0.25) is 14.3 Å². The SMILES string of the molecule is Nc1nc2c(CN[C@@H](CO)COP(=O)(O)O)c[nH]c2c(=O)[nH]1. The highest BCUT2D eigenvalue weighted by Gasteiger charge is 2.18. The van der Waals surface area contributed by atoms with E-state index in [1.54, 1.807) is 6.20 Å². The van der Waals surface area contributed by atoms with Crippen molar-refractivity contribution in [2.24, 2.45) is 0 Å². The molecule has 0 aliphatic heterocycles. The average molecular weight is 333 g/mol. The Kier molecular flexibility index (Phi) is 4.96. The van der Waals surface area contributed by atoms with E-state index in [2.05, 4.69) is 24.8 Å². The van der Waals surface area contributed by atoms with Gasteiger partial charge in [-0.25, -0.2) is 9.55 Å². The number of aliphatic hydroxyl groups excluding tert-OH is 1. The number of hydrogen-bond donors (Lipinski definition) is 7. The van der Waals surface area contributed by atoms with Gasteiger partial charge in [-0.15, -0.1) is 0 Å². The molecule has 0 bridgehead atoms. The highest BCUT2D eigenvalue weighted by molar-refractivity contribution is 7.46. The van der Waals surface area contributed by atoms with Gasteiger partial charge in [-0.1, -0.05) is 0 Å². The highest BCUT2D eigenvalue weighted by atomic mass is 31.2. The van der Waals surface area contributed by atoms with Crippen molar-refractivity contribution in [2.75, 3.05) is 18.9 Å². The van der Waals surface area contributed by atoms with Crippen molar-refractivity contribution in [3.8, 4) is 0 Å². The first-order valence-corrected chi connectivity index (χ1v) is 7.73. The molecule has 0 radical (unpaired) electrons. The Morgan fingerprint density at radius 1 is 1.50 bits per heavy atom. The van der Waals surface area contributed by atoms with E-state index in [-0.39, 0.29) is 24.6 Å². The Hall–Kier alpha value is -1.75. The van der Waals surface area contributed by atoms with Gasteiger partial charge in [-0.2, -0.15) is 0 Å². The lowest BCUT2D eigenvalue weighted by Crippen LogP contribution is -2.36. The average Bonchev–Trinajstić information content (AvgIpc) is 2.81. The summed E-state index contributed by atoms with van der Waals surface area (Å²) in [6.07, 6.45) is 1.55. The number of nitrogens with zero attached hydrogens (tertiary/aromatic N) is 1. The second kappa shape index (κ2) is 6.57. The standard InChI is InChI=1S/C10H16N5O6P/c11-10-14-7-5(2-13-8(7)9(17)15-10)1-12-6(3-16)4-21-22(18,19)20/h2,6,12-13,16H,1,3-4H2,(H2,18,19,20)(H3,11,14,15,17)/t6-/m0/s1. The number of H-pyrrole nitrogens is 2. The Balaban J connectivity index is 2.07. The van der Waals surface area contributed by atoms with E-state index in [0.717, 1.165) is 0 Å². The predicted molar refractivity (Wildman–Crippen MR) is 76.8 cm³/mol. The highest BCUT2D eigenvalue weighted by Crippen LogP contribution is 2.35. The predicted octanol–water partition coefficient (Wildman–Crippen LogP) is -1.61. The Bertz CT molecular complexity index is 752. The molecule has 0 aromatic carbocycles. The molecule has 2 rings (SSSR count). The molecule has 0 aliphatic carbocycles. The molecule has 0 aliphatic rings. The van der Waals surface area contributed by atoms with Gasteiger partial charge in [0.05, 0.1) is 19.3 Å². The molecule has 0 fully saturated rings. The maximum absolute atomic E-state index is 11.6. The van der Waals surface area contributed by atoms with Crippen LogP contribution >= 0.6 is 7.82 Å². The van der Waals surface area contributed by atoms with E-state index in [1.807, 2.05) is 0 Å². The summed E-state index contributed by atoms with van der Waals surface area (Å²) < 4.78 is 15.0. The van der Waals surface area contributed by atoms with Crippen LogP contribution in [0.25, 0.3) is 11.0 Å². The molecule has 0 unspecified atom stereocenters. The van der Waals surface area contributed by atoms with Crippen molar-refractivity contribution in [1.82, 2.24) is 20.3 Å². The van der Waals surface area contributed by atoms with E-state index in [1.165, 1.54) is 0 Å². The Morgan fingerprint density at radius 2 is 2.23 bits per heavy atom. The van der Waals surface area contributed by atoms with Crippen LogP contribution in [0.15, 0.2) is 11.0 Å². The zero-order valence-electron chi connectivity index (χ0n) is 11.3. The van der Waals surface area contributed by atoms with Crippen LogP contribution in [0, 0.1) is 0 Å². The lowest BCUT2D eigenvalue weighted by molar-refractivity contribution is 0.145. The maximum Gasteiger partial charge on any atom is 0.469 e. The minimum Gasteiger partial charge on any atom is -0.395 e. The van der Waals surface area contributed by atoms with Gasteiger partial charge in [0.25, 0.3) is 5.56 Å². The second-order valence-electron chi connectivity index (χ2n) is 4.54. The van der Waals surface area contributed by atoms with Gasteiger partial charge in [-0.05, 0) is 0 Å². The Labute approximate surface area is 123 Å². The van der Waals surface area contributed by atoms with Gasteiger partial charge in [0.15, 0.2) is 0 Å². The van der Waals surface area contributed by atoms with Crippen LogP contribution in [0.3, 0.4) is 0 Å². The second-order valence-corrected chi connectivity index (χ2v) is 5.77. The number of fused-ring (bicyclic) bond motifs is 1. The van der Waals surface area contributed by atoms with Crippen LogP contribution in [0.5, 0.6) is 0 Å². The van der Waals surface area contributed by atoms with Crippen LogP contribution in [0.2, 0.25) is 0 Å². The van der Waals surface area contributed by atoms with Crippen LogP contribution in [0.1, 0.15) is 5.56 Å². The summed E-state index contributed by atoms with van der Waals surface area (Å²) >= 11 is 0. The molecule has 2 aromatic rings. The van der Waals surface area contributed by atoms with Gasteiger partial charge >= 0.3 is 7.82 Å². The summed E-state index contributed by atoms with van der Waals surface area (Å²) in [5.74, 6) is -0.0260. The summed E-state index contributed by atoms with van der Waals surface area (Å²) in [7, 11) is -4.60. The first kappa shape index (κ1) is 16.6. The van der Waals surface area contributed by atoms with Gasteiger partial charge in [0.2, 0.25) is 5.95 Å². The zero-order valence-corrected chi connectivity index (χ0v) is 12.2. The molecule has 11 nitrogen and oxygen atoms in total. The maximum atomic E-state index is 11.6. The number of rotatable bonds is 7. The van der Waals surface area contributed by atoms with Crippen molar-refractivity contribution in [2.45, 2.75) is 12.6 Å². The fourth-order valence-corrected chi connectivity index (χ4v) is 2.21. The van der Waals surface area contributed by atoms with Crippen molar-refractivity contribution >= 4 is 24.8 Å². The zero-order chi connectivity index (χ0) is 16.3. The molecule has 122 valence electrons. The lowest BCUT2D eigenvalue weighted by Gasteiger charge is -2.16. The molecule has 2 aromatic heterocycles. The largest absolute Gasteiger partial charge is 0.469 e. The van der Waals surface area contributed by atoms with E-state index in [4.69, 9.17) is 20.6 Å². The third kappa shape index (κ3) is 4.13. The van der Waals surface area contributed by atoms with E-state index in [0.29, 0.717) is 11.1 Å². The fraction of sp³-hybridized carbons (Fsp3) is 0.400. The molecule has 12 heteroatoms. The third-order valence-corrected chi connectivity index (χ3v) is 3.36. The summed E-state index contributed by atoms with van der Waals surface area (Å²) in [4.78, 5) is 38.0. The van der Waals surface area contributed by atoms with Crippen molar-refractivity contribution in [1.29, 1.82) is 0 Å². The number of anilines is 1. The summed E-state index contributed by atoms with van der Waals surface area (Å²) in [5.41, 5.74) is 6.33. The van der Waals surface area contributed by atoms with Crippen LogP contribution in [-0.4, -0.2) is 49.1 Å². The number of nitrogens with two attached hydrogens (primary N) is 1. The topological polar surface area (TPSA) is 187 Å². The number of phosphoric acid groups is 1. The fourth-order valence-electron chi connectivity index (χ4n) is 1.84. The smallest absolute Gasteiger partial charge is 0.395 e. The monoisotopic (exact) mass is 333 g/mol. The van der Waals surface area contributed by atoms with Gasteiger partial charge < -0.3 is 30.9 Å². The minimum atomic E-state index is -4.60. The quantitative estimate of drug-likeness (QED) is 0.293. The number of nitrogens with one attached hydrogen (secondary N) is 3. The molecule has 0 saturated carbocycles. The molecule has 0 amide bonds. The van der Waals surface area contributed by atoms with Crippen LogP contribution in [0.4, 0.5) is 5.95 Å². The number of phosphoric ester groups is 1. The minimum absolute atomic E-state index is 0.0260. The van der Waals surface area contributed by atoms with Gasteiger partial charge in [0, 0.05) is 18.3 Å². The molecular weight excluding hydrogens is 317 g/mol. The first-order chi connectivity index (χ1) is 10.3. The van der Waals surface area contributed by atoms with E-state index < -0.39 is 26.0 Å². The number of aromatic amines is 2. The van der Waals surface area contributed by atoms with E-state index >= 15 is 0 Å². The molecule has 8 N–H and O–H groups in total. The summed E-state index contributed by atoms with van der Waals surface area (Å²) in [5, 5.41) is 12.0. The van der Waals surface area contributed by atoms with Crippen LogP contribution in [-0.2, 0) is 15.6 Å². The van der Waals surface area contributed by atoms with Crippen LogP contribution < -0.4 is 16.6 Å². The van der Waals surface area contributed by atoms with E-state index in [9.17, 15) is 9.36 Å². The third-order valence-electron chi connectivity index (χ3n) is 2.88. The number of nitrogen functional groups attached to an aromatic ring is 1. The molecular formula is C10H16N5O6P. The van der Waals surface area contributed by atoms with Crippen molar-refractivity contribution < 1.29 is 24.0 Å². The number of hydrogen-bond acceptors (Lipinski definition) is 7. The molecule has 0 saturated heterocycles. The Morgan fingerprint density at radius 3 is 2.86 bits per heavy atom. The molecule has 22 heavy (non-hydrogen) atoms. The molecule has 0 spiro atoms. The van der Waals surface area contributed by atoms with Gasteiger partial charge in [0.1, 0.15) is 11.0 Å². The summed E-state index contributed by atoms with van der Waals surface area (Å²) in [6, 6.07) is -0.697. The normalized spacial score (nSPS) is 13.6. The molecule has 2 heterocycles. The van der Waals surface area contributed by atoms with Crippen molar-refractivity contribution in [3.63, 3.8) is 0 Å². The number of aliphatic hydroxyl groups is 1.